The molecule has 0 N–H and O–H groups in total. The third kappa shape index (κ3) is 4.86. The van der Waals surface area contributed by atoms with Crippen LogP contribution < -0.4 is 4.74 Å². The van der Waals surface area contributed by atoms with Gasteiger partial charge in [-0.2, -0.15) is 0 Å². The maximum atomic E-state index is 14.3. The van der Waals surface area contributed by atoms with Crippen molar-refractivity contribution in [3.8, 4) is 5.75 Å². The quantitative estimate of drug-likeness (QED) is 0.234. The number of benzene rings is 1. The molecule has 1 fully saturated rings. The SMILES string of the molecule is C=COCCOc1c(F)cc(I)cc1C(=O)OC1(C(C)C)CCCC1. The lowest BCUT2D eigenvalue weighted by atomic mass is 9.88. The maximum absolute atomic E-state index is 14.3. The highest BCUT2D eigenvalue weighted by Gasteiger charge is 2.41. The van der Waals surface area contributed by atoms with E-state index >= 15 is 0 Å². The average molecular weight is 462 g/mol. The molecule has 1 aromatic carbocycles. The molecule has 0 bridgehead atoms. The van der Waals surface area contributed by atoms with E-state index in [1.54, 1.807) is 6.07 Å². The molecule has 6 heteroatoms. The first-order valence-electron chi connectivity index (χ1n) is 8.47. The summed E-state index contributed by atoms with van der Waals surface area (Å²) in [5.74, 6) is -0.998. The van der Waals surface area contributed by atoms with Crippen LogP contribution >= 0.6 is 22.6 Å². The van der Waals surface area contributed by atoms with Crippen molar-refractivity contribution in [3.05, 3.63) is 39.9 Å². The van der Waals surface area contributed by atoms with E-state index in [0.29, 0.717) is 3.57 Å². The second-order valence-corrected chi connectivity index (χ2v) is 7.71. The monoisotopic (exact) mass is 462 g/mol. The van der Waals surface area contributed by atoms with Crippen LogP contribution in [0, 0.1) is 15.3 Å². The Morgan fingerprint density at radius 2 is 2.04 bits per heavy atom. The van der Waals surface area contributed by atoms with Crippen LogP contribution in [-0.2, 0) is 9.47 Å². The molecule has 0 radical (unpaired) electrons. The smallest absolute Gasteiger partial charge is 0.342 e. The summed E-state index contributed by atoms with van der Waals surface area (Å²) < 4.78 is 31.3. The summed E-state index contributed by atoms with van der Waals surface area (Å²) in [6.07, 6.45) is 5.04. The van der Waals surface area contributed by atoms with Gasteiger partial charge in [0.05, 0.1) is 6.26 Å². The van der Waals surface area contributed by atoms with Gasteiger partial charge in [0, 0.05) is 3.57 Å². The number of carbonyl (C=O) groups excluding carboxylic acids is 1. The zero-order valence-electron chi connectivity index (χ0n) is 14.6. The Kier molecular flexibility index (Phi) is 7.10. The third-order valence-corrected chi connectivity index (χ3v) is 5.21. The summed E-state index contributed by atoms with van der Waals surface area (Å²) in [4.78, 5) is 12.8. The number of ether oxygens (including phenoxy) is 3. The van der Waals surface area contributed by atoms with Gasteiger partial charge < -0.3 is 14.2 Å². The lowest BCUT2D eigenvalue weighted by Crippen LogP contribution is -2.37. The summed E-state index contributed by atoms with van der Waals surface area (Å²) in [6, 6.07) is 2.92. The van der Waals surface area contributed by atoms with Crippen molar-refractivity contribution >= 4 is 28.6 Å². The second-order valence-electron chi connectivity index (χ2n) is 6.47. The van der Waals surface area contributed by atoms with E-state index in [1.165, 1.54) is 12.3 Å². The minimum absolute atomic E-state index is 0.0880. The second kappa shape index (κ2) is 8.87. The molecule has 0 aromatic heterocycles. The van der Waals surface area contributed by atoms with Crippen LogP contribution in [0.4, 0.5) is 4.39 Å². The Morgan fingerprint density at radius 1 is 1.36 bits per heavy atom. The van der Waals surface area contributed by atoms with Crippen LogP contribution in [-0.4, -0.2) is 24.8 Å². The van der Waals surface area contributed by atoms with Gasteiger partial charge in [-0.25, -0.2) is 9.18 Å². The molecule has 1 saturated carbocycles. The molecule has 1 aromatic rings. The molecule has 0 aliphatic heterocycles. The van der Waals surface area contributed by atoms with Crippen LogP contribution in [0.5, 0.6) is 5.75 Å². The molecule has 0 spiro atoms. The number of carbonyl (C=O) groups is 1. The molecule has 2 rings (SSSR count). The standard InChI is InChI=1S/C19H24FIO4/c1-4-23-9-10-24-17-15(11-14(21)12-16(17)20)18(22)25-19(13(2)3)7-5-6-8-19/h4,11-13H,1,5-10H2,2-3H3. The largest absolute Gasteiger partial charge is 0.498 e. The van der Waals surface area contributed by atoms with Gasteiger partial charge in [0.1, 0.15) is 24.4 Å². The van der Waals surface area contributed by atoms with Gasteiger partial charge in [0.15, 0.2) is 11.6 Å². The van der Waals surface area contributed by atoms with Crippen LogP contribution in [0.1, 0.15) is 49.9 Å². The number of esters is 1. The Hall–Kier alpha value is -1.31. The minimum atomic E-state index is -0.581. The molecule has 0 atom stereocenters. The molecule has 0 heterocycles. The number of hydrogen-bond donors (Lipinski definition) is 0. The zero-order valence-corrected chi connectivity index (χ0v) is 16.8. The molecule has 25 heavy (non-hydrogen) atoms. The van der Waals surface area contributed by atoms with Crippen LogP contribution in [0.3, 0.4) is 0 Å². The fourth-order valence-electron chi connectivity index (χ4n) is 3.14. The first-order valence-corrected chi connectivity index (χ1v) is 9.55. The van der Waals surface area contributed by atoms with E-state index in [2.05, 4.69) is 20.4 Å². The lowest BCUT2D eigenvalue weighted by molar-refractivity contribution is -0.0401. The first-order chi connectivity index (χ1) is 11.9. The molecular formula is C19H24FIO4. The highest BCUT2D eigenvalue weighted by atomic mass is 127. The zero-order chi connectivity index (χ0) is 18.4. The van der Waals surface area contributed by atoms with Crippen molar-refractivity contribution < 1.29 is 23.4 Å². The van der Waals surface area contributed by atoms with E-state index in [9.17, 15) is 9.18 Å². The molecule has 0 unspecified atom stereocenters. The van der Waals surface area contributed by atoms with Gasteiger partial charge in [-0.05, 0) is 66.3 Å². The number of rotatable bonds is 8. The van der Waals surface area contributed by atoms with E-state index in [0.717, 1.165) is 25.7 Å². The summed E-state index contributed by atoms with van der Waals surface area (Å²) in [5, 5.41) is 0. The predicted molar refractivity (Wildman–Crippen MR) is 102 cm³/mol. The summed E-state index contributed by atoms with van der Waals surface area (Å²) in [7, 11) is 0. The fraction of sp³-hybridized carbons (Fsp3) is 0.526. The van der Waals surface area contributed by atoms with Gasteiger partial charge in [0.25, 0.3) is 0 Å². The van der Waals surface area contributed by atoms with Crippen LogP contribution in [0.2, 0.25) is 0 Å². The van der Waals surface area contributed by atoms with Crippen molar-refractivity contribution in [1.29, 1.82) is 0 Å². The summed E-state index contributed by atoms with van der Waals surface area (Å²) in [5.41, 5.74) is -0.354. The lowest BCUT2D eigenvalue weighted by Gasteiger charge is -2.33. The minimum Gasteiger partial charge on any atom is -0.498 e. The predicted octanol–water partition coefficient (Wildman–Crippen LogP) is 5.09. The van der Waals surface area contributed by atoms with E-state index in [-0.39, 0.29) is 30.4 Å². The van der Waals surface area contributed by atoms with Gasteiger partial charge >= 0.3 is 5.97 Å². The topological polar surface area (TPSA) is 44.8 Å². The first kappa shape index (κ1) is 20.0. The highest BCUT2D eigenvalue weighted by molar-refractivity contribution is 14.1. The summed E-state index contributed by atoms with van der Waals surface area (Å²) in [6.45, 7) is 7.87. The third-order valence-electron chi connectivity index (χ3n) is 4.59. The van der Waals surface area contributed by atoms with Gasteiger partial charge in [0.2, 0.25) is 0 Å². The average Bonchev–Trinajstić information content (AvgIpc) is 3.02. The van der Waals surface area contributed by atoms with E-state index in [1.807, 2.05) is 22.6 Å². The van der Waals surface area contributed by atoms with Crippen molar-refractivity contribution in [2.24, 2.45) is 5.92 Å². The molecule has 0 amide bonds. The fourth-order valence-corrected chi connectivity index (χ4v) is 3.73. The molecule has 1 aliphatic carbocycles. The van der Waals surface area contributed by atoms with Crippen molar-refractivity contribution in [1.82, 2.24) is 0 Å². The maximum Gasteiger partial charge on any atom is 0.342 e. The van der Waals surface area contributed by atoms with Crippen LogP contribution in [0.25, 0.3) is 0 Å². The van der Waals surface area contributed by atoms with E-state index < -0.39 is 17.4 Å². The Labute approximate surface area is 161 Å². The highest BCUT2D eigenvalue weighted by Crippen LogP contribution is 2.40. The normalized spacial score (nSPS) is 15.9. The van der Waals surface area contributed by atoms with Gasteiger partial charge in [-0.1, -0.05) is 20.4 Å². The molecule has 0 saturated heterocycles. The van der Waals surface area contributed by atoms with Gasteiger partial charge in [-0.15, -0.1) is 0 Å². The Balaban J connectivity index is 2.23. The molecule has 4 nitrogen and oxygen atoms in total. The van der Waals surface area contributed by atoms with Crippen molar-refractivity contribution in [2.75, 3.05) is 13.2 Å². The Morgan fingerprint density at radius 3 is 2.64 bits per heavy atom. The van der Waals surface area contributed by atoms with E-state index in [4.69, 9.17) is 14.2 Å². The van der Waals surface area contributed by atoms with Crippen molar-refractivity contribution in [2.45, 2.75) is 45.1 Å². The molecule has 138 valence electrons. The number of hydrogen-bond acceptors (Lipinski definition) is 4. The van der Waals surface area contributed by atoms with Crippen LogP contribution in [0.15, 0.2) is 25.0 Å². The Bertz CT molecular complexity index is 624. The number of halogens is 2. The van der Waals surface area contributed by atoms with Gasteiger partial charge in [-0.3, -0.25) is 0 Å². The summed E-state index contributed by atoms with van der Waals surface area (Å²) >= 11 is 1.97. The molecule has 1 aliphatic rings. The van der Waals surface area contributed by atoms with Crippen molar-refractivity contribution in [3.63, 3.8) is 0 Å². The molecular weight excluding hydrogens is 438 g/mol.